The minimum atomic E-state index is -3.73. The van der Waals surface area contributed by atoms with E-state index >= 15 is 0 Å². The number of hydrogen-bond donors (Lipinski definition) is 1. The van der Waals surface area contributed by atoms with Crippen LogP contribution < -0.4 is 5.73 Å². The second kappa shape index (κ2) is 4.85. The lowest BCUT2D eigenvalue weighted by Crippen LogP contribution is -2.11. The first-order valence-electron chi connectivity index (χ1n) is 6.25. The van der Waals surface area contributed by atoms with Crippen molar-refractivity contribution in [1.29, 1.82) is 0 Å². The largest absolute Gasteiger partial charge is 0.428 e. The number of oxazole rings is 1. The van der Waals surface area contributed by atoms with Gasteiger partial charge in [0.2, 0.25) is 9.84 Å². The summed E-state index contributed by atoms with van der Waals surface area (Å²) >= 11 is 0. The van der Waals surface area contributed by atoms with Crippen LogP contribution in [0.3, 0.4) is 0 Å². The maximum atomic E-state index is 12.4. The Hall–Kier alpha value is -2.42. The van der Waals surface area contributed by atoms with Crippen molar-refractivity contribution >= 4 is 26.6 Å². The molecule has 0 aliphatic heterocycles. The molecule has 0 atom stereocenters. The summed E-state index contributed by atoms with van der Waals surface area (Å²) < 4.78 is 31.5. The van der Waals surface area contributed by atoms with Crippen LogP contribution in [0.5, 0.6) is 0 Å². The quantitative estimate of drug-likeness (QED) is 0.714. The SMILES string of the molecule is CCn1ncnc1CS(=O)(=O)c1nc2cc(N)ccc2o1. The van der Waals surface area contributed by atoms with E-state index in [4.69, 9.17) is 10.2 Å². The standard InChI is InChI=1S/C12H13N5O3S/c1-2-17-11(14-7-15-17)6-21(18,19)12-16-9-5-8(13)3-4-10(9)20-12/h3-5,7H,2,6,13H2,1H3. The molecule has 21 heavy (non-hydrogen) atoms. The maximum absolute atomic E-state index is 12.4. The van der Waals surface area contributed by atoms with Gasteiger partial charge in [-0.15, -0.1) is 0 Å². The van der Waals surface area contributed by atoms with E-state index in [-0.39, 0.29) is 11.0 Å². The summed E-state index contributed by atoms with van der Waals surface area (Å²) in [6, 6.07) is 4.77. The lowest BCUT2D eigenvalue weighted by molar-refractivity contribution is 0.456. The third-order valence-electron chi connectivity index (χ3n) is 2.97. The molecule has 0 amide bonds. The van der Waals surface area contributed by atoms with Gasteiger partial charge in [0.1, 0.15) is 23.4 Å². The number of nitrogen functional groups attached to an aromatic ring is 1. The van der Waals surface area contributed by atoms with Crippen LogP contribution >= 0.6 is 0 Å². The molecule has 8 nitrogen and oxygen atoms in total. The highest BCUT2D eigenvalue weighted by atomic mass is 32.2. The molecule has 3 aromatic rings. The molecule has 1 aromatic carbocycles. The normalized spacial score (nSPS) is 12.0. The van der Waals surface area contributed by atoms with Gasteiger partial charge in [0.15, 0.2) is 5.58 Å². The number of hydrogen-bond acceptors (Lipinski definition) is 7. The van der Waals surface area contributed by atoms with Gasteiger partial charge in [-0.3, -0.25) is 0 Å². The third kappa shape index (κ3) is 2.47. The van der Waals surface area contributed by atoms with E-state index in [0.29, 0.717) is 29.2 Å². The monoisotopic (exact) mass is 307 g/mol. The van der Waals surface area contributed by atoms with Crippen molar-refractivity contribution in [2.45, 2.75) is 24.4 Å². The summed E-state index contributed by atoms with van der Waals surface area (Å²) in [6.07, 6.45) is 1.32. The van der Waals surface area contributed by atoms with Crippen molar-refractivity contribution in [2.24, 2.45) is 0 Å². The molecule has 2 heterocycles. The topological polar surface area (TPSA) is 117 Å². The average molecular weight is 307 g/mol. The smallest absolute Gasteiger partial charge is 0.316 e. The van der Waals surface area contributed by atoms with Crippen LogP contribution in [0, 0.1) is 0 Å². The Balaban J connectivity index is 2.00. The van der Waals surface area contributed by atoms with Crippen molar-refractivity contribution in [3.05, 3.63) is 30.4 Å². The Bertz CT molecular complexity index is 897. The fourth-order valence-corrected chi connectivity index (χ4v) is 3.09. The zero-order valence-electron chi connectivity index (χ0n) is 11.2. The number of aryl methyl sites for hydroxylation is 1. The summed E-state index contributed by atoms with van der Waals surface area (Å²) in [5.74, 6) is 0.0302. The molecule has 0 aliphatic carbocycles. The fourth-order valence-electron chi connectivity index (χ4n) is 1.95. The van der Waals surface area contributed by atoms with Gasteiger partial charge in [0.05, 0.1) is 0 Å². The molecule has 0 unspecified atom stereocenters. The lowest BCUT2D eigenvalue weighted by atomic mass is 10.3. The van der Waals surface area contributed by atoms with E-state index in [0.717, 1.165) is 0 Å². The summed E-state index contributed by atoms with van der Waals surface area (Å²) in [5.41, 5.74) is 6.91. The first-order valence-corrected chi connectivity index (χ1v) is 7.90. The predicted molar refractivity (Wildman–Crippen MR) is 75.0 cm³/mol. The molecule has 0 bridgehead atoms. The molecule has 0 saturated heterocycles. The molecule has 0 spiro atoms. The number of anilines is 1. The highest BCUT2D eigenvalue weighted by Crippen LogP contribution is 2.23. The molecule has 0 aliphatic rings. The number of fused-ring (bicyclic) bond motifs is 1. The molecular formula is C12H13N5O3S. The molecule has 0 fully saturated rings. The Morgan fingerprint density at radius 2 is 2.19 bits per heavy atom. The molecule has 0 radical (unpaired) electrons. The van der Waals surface area contributed by atoms with E-state index in [2.05, 4.69) is 15.1 Å². The Labute approximate surface area is 120 Å². The van der Waals surface area contributed by atoms with Gasteiger partial charge < -0.3 is 10.2 Å². The van der Waals surface area contributed by atoms with Gasteiger partial charge in [-0.25, -0.2) is 18.1 Å². The van der Waals surface area contributed by atoms with E-state index in [1.807, 2.05) is 6.92 Å². The highest BCUT2D eigenvalue weighted by Gasteiger charge is 2.25. The molecule has 2 N–H and O–H groups in total. The fraction of sp³-hybridized carbons (Fsp3) is 0.250. The number of benzene rings is 1. The van der Waals surface area contributed by atoms with Crippen molar-refractivity contribution in [1.82, 2.24) is 19.7 Å². The third-order valence-corrected chi connectivity index (χ3v) is 4.32. The van der Waals surface area contributed by atoms with Crippen LogP contribution in [0.2, 0.25) is 0 Å². The minimum absolute atomic E-state index is 0.316. The predicted octanol–water partition coefficient (Wildman–Crippen LogP) is 0.995. The summed E-state index contributed by atoms with van der Waals surface area (Å²) in [6.45, 7) is 2.39. The summed E-state index contributed by atoms with van der Waals surface area (Å²) in [4.78, 5) is 7.94. The van der Waals surface area contributed by atoms with Crippen LogP contribution in [-0.4, -0.2) is 28.2 Å². The number of nitrogens with two attached hydrogens (primary N) is 1. The van der Waals surface area contributed by atoms with Crippen molar-refractivity contribution in [2.75, 3.05) is 5.73 Å². The molecule has 2 aromatic heterocycles. The number of rotatable bonds is 4. The van der Waals surface area contributed by atoms with E-state index in [9.17, 15) is 8.42 Å². The van der Waals surface area contributed by atoms with Gasteiger partial charge in [0, 0.05) is 12.2 Å². The van der Waals surface area contributed by atoms with Crippen LogP contribution in [-0.2, 0) is 22.1 Å². The number of nitrogens with zero attached hydrogens (tertiary/aromatic N) is 4. The van der Waals surface area contributed by atoms with Gasteiger partial charge in [-0.05, 0) is 25.1 Å². The molecule has 3 rings (SSSR count). The van der Waals surface area contributed by atoms with Gasteiger partial charge >= 0.3 is 5.22 Å². The molecule has 0 saturated carbocycles. The second-order valence-corrected chi connectivity index (χ2v) is 6.33. The molecular weight excluding hydrogens is 294 g/mol. The van der Waals surface area contributed by atoms with Gasteiger partial charge in [-0.1, -0.05) is 0 Å². The van der Waals surface area contributed by atoms with Crippen LogP contribution in [0.4, 0.5) is 5.69 Å². The second-order valence-electron chi connectivity index (χ2n) is 4.46. The van der Waals surface area contributed by atoms with Crippen LogP contribution in [0.15, 0.2) is 34.2 Å². The van der Waals surface area contributed by atoms with E-state index in [1.54, 1.807) is 18.2 Å². The lowest BCUT2D eigenvalue weighted by Gasteiger charge is -2.01. The maximum Gasteiger partial charge on any atom is 0.316 e. The van der Waals surface area contributed by atoms with E-state index in [1.165, 1.54) is 11.0 Å². The Morgan fingerprint density at radius 1 is 1.38 bits per heavy atom. The highest BCUT2D eigenvalue weighted by molar-refractivity contribution is 7.90. The van der Waals surface area contributed by atoms with E-state index < -0.39 is 9.84 Å². The van der Waals surface area contributed by atoms with Crippen molar-refractivity contribution in [3.63, 3.8) is 0 Å². The number of sulfone groups is 1. The zero-order chi connectivity index (χ0) is 15.0. The first kappa shape index (κ1) is 13.6. The Morgan fingerprint density at radius 3 is 2.95 bits per heavy atom. The van der Waals surface area contributed by atoms with Crippen LogP contribution in [0.1, 0.15) is 12.7 Å². The van der Waals surface area contributed by atoms with Gasteiger partial charge in [0.25, 0.3) is 0 Å². The number of aromatic nitrogens is 4. The average Bonchev–Trinajstić information content (AvgIpc) is 3.04. The zero-order valence-corrected chi connectivity index (χ0v) is 12.0. The summed E-state index contributed by atoms with van der Waals surface area (Å²) in [5, 5.41) is 3.60. The van der Waals surface area contributed by atoms with Crippen molar-refractivity contribution < 1.29 is 12.8 Å². The first-order chi connectivity index (χ1) is 9.99. The van der Waals surface area contributed by atoms with Gasteiger partial charge in [-0.2, -0.15) is 10.1 Å². The Kier molecular flexibility index (Phi) is 3.13. The summed E-state index contributed by atoms with van der Waals surface area (Å²) in [7, 11) is -3.73. The van der Waals surface area contributed by atoms with Crippen LogP contribution in [0.25, 0.3) is 11.1 Å². The molecule has 9 heteroatoms. The van der Waals surface area contributed by atoms with Crippen molar-refractivity contribution in [3.8, 4) is 0 Å². The minimum Gasteiger partial charge on any atom is -0.428 e. The molecule has 110 valence electrons.